The highest BCUT2D eigenvalue weighted by Crippen LogP contribution is 2.26. The van der Waals surface area contributed by atoms with E-state index in [1.165, 1.54) is 0 Å². The Kier molecular flexibility index (Phi) is 2.79. The number of urea groups is 1. The van der Waals surface area contributed by atoms with Crippen molar-refractivity contribution in [3.8, 4) is 6.07 Å². The van der Waals surface area contributed by atoms with Crippen LogP contribution in [0, 0.1) is 11.3 Å². The predicted octanol–water partition coefficient (Wildman–Crippen LogP) is 1.41. The minimum atomic E-state index is -0.346. The van der Waals surface area contributed by atoms with Gasteiger partial charge in [-0.1, -0.05) is 12.1 Å². The van der Waals surface area contributed by atoms with Crippen molar-refractivity contribution in [1.82, 2.24) is 4.90 Å². The third-order valence-corrected chi connectivity index (χ3v) is 2.73. The highest BCUT2D eigenvalue weighted by Gasteiger charge is 2.33. The summed E-state index contributed by atoms with van der Waals surface area (Å²) in [6.45, 7) is 2.40. The monoisotopic (exact) mass is 228 g/mol. The Balaban J connectivity index is 2.42. The van der Waals surface area contributed by atoms with Crippen molar-refractivity contribution in [3.63, 3.8) is 0 Å². The van der Waals surface area contributed by atoms with Crippen molar-refractivity contribution >= 4 is 11.9 Å². The van der Waals surface area contributed by atoms with Crippen molar-refractivity contribution in [2.45, 2.75) is 13.0 Å². The van der Waals surface area contributed by atoms with Gasteiger partial charge in [0.25, 0.3) is 0 Å². The van der Waals surface area contributed by atoms with E-state index in [9.17, 15) is 4.79 Å². The molecule has 0 saturated heterocycles. The second-order valence-electron chi connectivity index (χ2n) is 3.75. The minimum Gasteiger partial charge on any atom is -0.385 e. The lowest BCUT2D eigenvalue weighted by atomic mass is 10.0. The zero-order valence-corrected chi connectivity index (χ0v) is 9.42. The Morgan fingerprint density at radius 2 is 2.35 bits per heavy atom. The van der Waals surface area contributed by atoms with Crippen molar-refractivity contribution in [3.05, 3.63) is 35.4 Å². The molecule has 2 N–H and O–H groups in total. The fourth-order valence-electron chi connectivity index (χ4n) is 1.95. The van der Waals surface area contributed by atoms with Crippen LogP contribution in [0.4, 0.5) is 4.79 Å². The second kappa shape index (κ2) is 4.26. The predicted molar refractivity (Wildman–Crippen MR) is 63.3 cm³/mol. The van der Waals surface area contributed by atoms with Crippen molar-refractivity contribution < 1.29 is 4.79 Å². The van der Waals surface area contributed by atoms with Crippen LogP contribution >= 0.6 is 0 Å². The number of benzene rings is 1. The number of likely N-dealkylation sites (N-methyl/N-ethyl adjacent to an activating group) is 1. The number of hydrogen-bond acceptors (Lipinski definition) is 3. The van der Waals surface area contributed by atoms with Crippen LogP contribution in [0.3, 0.4) is 0 Å². The topological polar surface area (TPSA) is 82.5 Å². The summed E-state index contributed by atoms with van der Waals surface area (Å²) < 4.78 is 0. The lowest BCUT2D eigenvalue weighted by Gasteiger charge is -2.22. The van der Waals surface area contributed by atoms with Gasteiger partial charge in [0.1, 0.15) is 11.9 Å². The number of carbonyl (C=O) groups excluding carboxylic acids is 1. The van der Waals surface area contributed by atoms with Crippen LogP contribution in [0.2, 0.25) is 0 Å². The normalized spacial score (nSPS) is 19.1. The van der Waals surface area contributed by atoms with Crippen molar-refractivity contribution in [2.24, 2.45) is 10.7 Å². The summed E-state index contributed by atoms with van der Waals surface area (Å²) in [6.07, 6.45) is 0. The molecule has 0 spiro atoms. The van der Waals surface area contributed by atoms with E-state index >= 15 is 0 Å². The zero-order valence-electron chi connectivity index (χ0n) is 9.42. The van der Waals surface area contributed by atoms with Crippen LogP contribution < -0.4 is 5.73 Å². The highest BCUT2D eigenvalue weighted by molar-refractivity contribution is 6.03. The second-order valence-corrected chi connectivity index (χ2v) is 3.75. The van der Waals surface area contributed by atoms with Gasteiger partial charge < -0.3 is 10.6 Å². The summed E-state index contributed by atoms with van der Waals surface area (Å²) in [5.41, 5.74) is 7.13. The summed E-state index contributed by atoms with van der Waals surface area (Å²) in [5, 5.41) is 8.85. The number of nitrogens with two attached hydrogens (primary N) is 1. The van der Waals surface area contributed by atoms with Gasteiger partial charge in [0.2, 0.25) is 0 Å². The average Bonchev–Trinajstić information content (AvgIpc) is 2.63. The Bertz CT molecular complexity index is 530. The van der Waals surface area contributed by atoms with Gasteiger partial charge in [-0.05, 0) is 24.6 Å². The number of hydrogen-bond donors (Lipinski definition) is 1. The molecule has 0 aliphatic carbocycles. The van der Waals surface area contributed by atoms with Crippen LogP contribution in [0.15, 0.2) is 29.3 Å². The maximum Gasteiger partial charge on any atom is 0.346 e. The van der Waals surface area contributed by atoms with Crippen molar-refractivity contribution in [2.75, 3.05) is 6.54 Å². The number of carbonyl (C=O) groups is 1. The molecule has 1 unspecified atom stereocenters. The minimum absolute atomic E-state index is 0.284. The van der Waals surface area contributed by atoms with E-state index in [4.69, 9.17) is 11.0 Å². The quantitative estimate of drug-likeness (QED) is 0.830. The van der Waals surface area contributed by atoms with Crippen LogP contribution in [-0.2, 0) is 0 Å². The molecular weight excluding hydrogens is 216 g/mol. The first-order chi connectivity index (χ1) is 8.17. The van der Waals surface area contributed by atoms with Gasteiger partial charge >= 0.3 is 6.03 Å². The molecule has 0 aromatic heterocycles. The van der Waals surface area contributed by atoms with E-state index in [2.05, 4.69) is 11.1 Å². The van der Waals surface area contributed by atoms with Crippen LogP contribution in [0.1, 0.15) is 24.1 Å². The molecule has 5 heteroatoms. The summed E-state index contributed by atoms with van der Waals surface area (Å²) in [4.78, 5) is 16.9. The molecule has 1 heterocycles. The van der Waals surface area contributed by atoms with E-state index in [1.54, 1.807) is 23.1 Å². The fraction of sp³-hybridized carbons (Fsp3) is 0.250. The van der Waals surface area contributed by atoms with Crippen LogP contribution in [0.5, 0.6) is 0 Å². The molecular formula is C12H12N4O. The van der Waals surface area contributed by atoms with Gasteiger partial charge in [0.05, 0.1) is 11.6 Å². The lowest BCUT2D eigenvalue weighted by molar-refractivity contribution is 0.210. The molecule has 1 aromatic carbocycles. The number of aliphatic imine (C=N–C) groups is 1. The molecule has 5 nitrogen and oxygen atoms in total. The third kappa shape index (κ3) is 1.85. The van der Waals surface area contributed by atoms with E-state index < -0.39 is 0 Å². The smallest absolute Gasteiger partial charge is 0.346 e. The van der Waals surface area contributed by atoms with Gasteiger partial charge in [-0.2, -0.15) is 10.3 Å². The molecule has 1 atom stereocenters. The molecule has 0 saturated carbocycles. The van der Waals surface area contributed by atoms with E-state index in [-0.39, 0.29) is 17.9 Å². The zero-order chi connectivity index (χ0) is 12.4. The Morgan fingerprint density at radius 3 is 3.00 bits per heavy atom. The van der Waals surface area contributed by atoms with E-state index in [1.807, 2.05) is 13.0 Å². The summed E-state index contributed by atoms with van der Waals surface area (Å²) in [7, 11) is 0. The number of amides is 2. The first-order valence-electron chi connectivity index (χ1n) is 5.32. The molecule has 0 fully saturated rings. The molecule has 2 rings (SSSR count). The number of amidine groups is 1. The van der Waals surface area contributed by atoms with Crippen molar-refractivity contribution in [1.29, 1.82) is 5.26 Å². The summed E-state index contributed by atoms with van der Waals surface area (Å²) >= 11 is 0. The third-order valence-electron chi connectivity index (χ3n) is 2.73. The fourth-order valence-corrected chi connectivity index (χ4v) is 1.95. The van der Waals surface area contributed by atoms with Gasteiger partial charge in [-0.25, -0.2) is 4.79 Å². The standard InChI is InChI=1S/C12H12N4O/c1-2-16-10(11(14)15-12(16)17)9-5-3-4-8(6-9)7-13/h3-6,10H,2H2,1H3,(H2,14,15,17). The molecule has 0 bridgehead atoms. The first kappa shape index (κ1) is 11.1. The molecule has 17 heavy (non-hydrogen) atoms. The molecule has 1 aromatic rings. The number of nitriles is 1. The van der Waals surface area contributed by atoms with E-state index in [0.717, 1.165) is 5.56 Å². The van der Waals surface area contributed by atoms with Gasteiger partial charge in [0.15, 0.2) is 0 Å². The molecule has 1 aliphatic heterocycles. The number of rotatable bonds is 2. The average molecular weight is 228 g/mol. The molecule has 1 aliphatic rings. The first-order valence-corrected chi connectivity index (χ1v) is 5.32. The summed E-state index contributed by atoms with van der Waals surface area (Å²) in [6, 6.07) is 8.46. The number of nitrogens with zero attached hydrogens (tertiary/aromatic N) is 3. The van der Waals surface area contributed by atoms with E-state index in [0.29, 0.717) is 12.1 Å². The lowest BCUT2D eigenvalue weighted by Crippen LogP contribution is -2.33. The highest BCUT2D eigenvalue weighted by atomic mass is 16.2. The van der Waals surface area contributed by atoms with Gasteiger partial charge in [0, 0.05) is 6.54 Å². The largest absolute Gasteiger partial charge is 0.385 e. The maximum atomic E-state index is 11.5. The Labute approximate surface area is 99.2 Å². The SMILES string of the molecule is CCN1C(=O)N=C(N)C1c1cccc(C#N)c1. The Morgan fingerprint density at radius 1 is 1.59 bits per heavy atom. The molecule has 0 radical (unpaired) electrons. The molecule has 86 valence electrons. The Hall–Kier alpha value is -2.35. The molecule has 2 amide bonds. The maximum absolute atomic E-state index is 11.5. The van der Waals surface area contributed by atoms with Gasteiger partial charge in [-0.15, -0.1) is 0 Å². The van der Waals surface area contributed by atoms with Crippen LogP contribution in [0.25, 0.3) is 0 Å². The van der Waals surface area contributed by atoms with Gasteiger partial charge in [-0.3, -0.25) is 0 Å². The van der Waals surface area contributed by atoms with Crippen LogP contribution in [-0.4, -0.2) is 23.3 Å². The summed E-state index contributed by atoms with van der Waals surface area (Å²) in [5.74, 6) is 0.284.